The van der Waals surface area contributed by atoms with Crippen molar-refractivity contribution >= 4 is 5.97 Å². The fourth-order valence-electron chi connectivity index (χ4n) is 1.95. The van der Waals surface area contributed by atoms with Gasteiger partial charge in [0.25, 0.3) is 0 Å². The number of aliphatic carboxylic acids is 1. The first-order valence-corrected chi connectivity index (χ1v) is 6.50. The maximum absolute atomic E-state index is 11.1. The molecular weight excluding hydrogens is 218 g/mol. The molecule has 0 aromatic rings. The van der Waals surface area contributed by atoms with E-state index in [1.807, 2.05) is 6.92 Å². The molecule has 5 heteroatoms. The number of hydrogen-bond donors (Lipinski definition) is 3. The molecular formula is C12H25N3O2. The van der Waals surface area contributed by atoms with E-state index in [2.05, 4.69) is 15.5 Å². The van der Waals surface area contributed by atoms with Crippen molar-refractivity contribution in [3.63, 3.8) is 0 Å². The van der Waals surface area contributed by atoms with Gasteiger partial charge in [0.2, 0.25) is 0 Å². The van der Waals surface area contributed by atoms with Gasteiger partial charge < -0.3 is 20.6 Å². The van der Waals surface area contributed by atoms with Crippen LogP contribution in [0.3, 0.4) is 0 Å². The van der Waals surface area contributed by atoms with Gasteiger partial charge >= 0.3 is 5.97 Å². The molecule has 1 unspecified atom stereocenters. The van der Waals surface area contributed by atoms with Crippen LogP contribution in [0, 0.1) is 0 Å². The third-order valence-corrected chi connectivity index (χ3v) is 3.56. The van der Waals surface area contributed by atoms with Crippen LogP contribution in [0.1, 0.15) is 26.7 Å². The van der Waals surface area contributed by atoms with Gasteiger partial charge in [0.1, 0.15) is 5.54 Å². The van der Waals surface area contributed by atoms with E-state index in [-0.39, 0.29) is 0 Å². The number of piperazine rings is 1. The van der Waals surface area contributed by atoms with Gasteiger partial charge in [-0.1, -0.05) is 6.92 Å². The largest absolute Gasteiger partial charge is 0.480 e. The molecule has 1 fully saturated rings. The molecule has 1 aliphatic rings. The molecule has 1 heterocycles. The zero-order chi connectivity index (χ0) is 12.7. The van der Waals surface area contributed by atoms with Crippen LogP contribution in [0.2, 0.25) is 0 Å². The number of nitrogens with one attached hydrogen (secondary N) is 2. The lowest BCUT2D eigenvalue weighted by molar-refractivity contribution is -0.144. The molecule has 1 aliphatic heterocycles. The summed E-state index contributed by atoms with van der Waals surface area (Å²) in [5.41, 5.74) is -0.774. The van der Waals surface area contributed by atoms with Crippen molar-refractivity contribution in [2.24, 2.45) is 0 Å². The average molecular weight is 243 g/mol. The molecule has 5 nitrogen and oxygen atoms in total. The molecule has 0 amide bonds. The van der Waals surface area contributed by atoms with Crippen molar-refractivity contribution in [2.75, 3.05) is 39.3 Å². The van der Waals surface area contributed by atoms with Gasteiger partial charge in [-0.15, -0.1) is 0 Å². The van der Waals surface area contributed by atoms with E-state index in [0.717, 1.165) is 45.7 Å². The highest BCUT2D eigenvalue weighted by Crippen LogP contribution is 2.08. The number of hydrogen-bond acceptors (Lipinski definition) is 4. The zero-order valence-electron chi connectivity index (χ0n) is 11.0. The lowest BCUT2D eigenvalue weighted by Crippen LogP contribution is -2.50. The molecule has 1 atom stereocenters. The minimum Gasteiger partial charge on any atom is -0.480 e. The number of nitrogens with zero attached hydrogens (tertiary/aromatic N) is 1. The average Bonchev–Trinajstić information content (AvgIpc) is 2.35. The molecule has 1 saturated heterocycles. The highest BCUT2D eigenvalue weighted by molar-refractivity contribution is 5.78. The Morgan fingerprint density at radius 1 is 1.47 bits per heavy atom. The third-order valence-electron chi connectivity index (χ3n) is 3.56. The maximum Gasteiger partial charge on any atom is 0.323 e. The summed E-state index contributed by atoms with van der Waals surface area (Å²) in [7, 11) is 0. The third kappa shape index (κ3) is 4.61. The molecule has 0 aromatic heterocycles. The summed E-state index contributed by atoms with van der Waals surface area (Å²) in [6, 6.07) is 0. The Bertz CT molecular complexity index is 242. The SMILES string of the molecule is CCC(C)(NCCCN1CCNCC1)C(=O)O. The van der Waals surface area contributed by atoms with Gasteiger partial charge in [-0.3, -0.25) is 4.79 Å². The summed E-state index contributed by atoms with van der Waals surface area (Å²) in [5, 5.41) is 15.6. The molecule has 0 bridgehead atoms. The standard InChI is InChI=1S/C12H25N3O2/c1-3-12(2,11(16)17)14-5-4-8-15-9-6-13-7-10-15/h13-14H,3-10H2,1-2H3,(H,16,17). The Hall–Kier alpha value is -0.650. The molecule has 0 saturated carbocycles. The minimum atomic E-state index is -0.774. The second-order valence-corrected chi connectivity index (χ2v) is 4.86. The van der Waals surface area contributed by atoms with E-state index in [1.165, 1.54) is 0 Å². The van der Waals surface area contributed by atoms with Crippen LogP contribution in [0.4, 0.5) is 0 Å². The van der Waals surface area contributed by atoms with Crippen LogP contribution in [0.25, 0.3) is 0 Å². The van der Waals surface area contributed by atoms with E-state index in [9.17, 15) is 4.79 Å². The van der Waals surface area contributed by atoms with Gasteiger partial charge in [-0.25, -0.2) is 0 Å². The monoisotopic (exact) mass is 243 g/mol. The van der Waals surface area contributed by atoms with Crippen molar-refractivity contribution in [3.05, 3.63) is 0 Å². The van der Waals surface area contributed by atoms with E-state index in [1.54, 1.807) is 6.92 Å². The molecule has 0 spiro atoms. The van der Waals surface area contributed by atoms with Gasteiger partial charge in [0.05, 0.1) is 0 Å². The Morgan fingerprint density at radius 3 is 2.65 bits per heavy atom. The maximum atomic E-state index is 11.1. The van der Waals surface area contributed by atoms with Crippen molar-refractivity contribution in [1.29, 1.82) is 0 Å². The molecule has 0 aromatic carbocycles. The van der Waals surface area contributed by atoms with Crippen LogP contribution < -0.4 is 10.6 Å². The molecule has 1 rings (SSSR count). The lowest BCUT2D eigenvalue weighted by atomic mass is 9.99. The Labute approximate surface area is 104 Å². The highest BCUT2D eigenvalue weighted by Gasteiger charge is 2.29. The van der Waals surface area contributed by atoms with Crippen LogP contribution in [0.5, 0.6) is 0 Å². The predicted octanol–water partition coefficient (Wildman–Crippen LogP) is 0.125. The first-order valence-electron chi connectivity index (χ1n) is 6.50. The number of carboxylic acids is 1. The van der Waals surface area contributed by atoms with Gasteiger partial charge in [0, 0.05) is 26.2 Å². The second-order valence-electron chi connectivity index (χ2n) is 4.86. The summed E-state index contributed by atoms with van der Waals surface area (Å²) >= 11 is 0. The number of carboxylic acid groups (broad SMARTS) is 1. The van der Waals surface area contributed by atoms with E-state index >= 15 is 0 Å². The lowest BCUT2D eigenvalue weighted by Gasteiger charge is -2.28. The first-order chi connectivity index (χ1) is 8.08. The Kier molecular flexibility index (Phi) is 5.88. The Balaban J connectivity index is 2.16. The predicted molar refractivity (Wildman–Crippen MR) is 68.3 cm³/mol. The highest BCUT2D eigenvalue weighted by atomic mass is 16.4. The van der Waals surface area contributed by atoms with Gasteiger partial charge in [-0.2, -0.15) is 0 Å². The van der Waals surface area contributed by atoms with Crippen molar-refractivity contribution in [2.45, 2.75) is 32.2 Å². The molecule has 3 N–H and O–H groups in total. The van der Waals surface area contributed by atoms with Crippen LogP contribution in [-0.4, -0.2) is 60.8 Å². The summed E-state index contributed by atoms with van der Waals surface area (Å²) in [6.07, 6.45) is 1.61. The van der Waals surface area contributed by atoms with E-state index < -0.39 is 11.5 Å². The van der Waals surface area contributed by atoms with Gasteiger partial charge in [-0.05, 0) is 32.9 Å². The molecule has 0 aliphatic carbocycles. The molecule has 100 valence electrons. The summed E-state index contributed by atoms with van der Waals surface area (Å²) in [4.78, 5) is 13.5. The van der Waals surface area contributed by atoms with Crippen LogP contribution >= 0.6 is 0 Å². The van der Waals surface area contributed by atoms with Crippen LogP contribution in [-0.2, 0) is 4.79 Å². The smallest absolute Gasteiger partial charge is 0.323 e. The quantitative estimate of drug-likeness (QED) is 0.555. The summed E-state index contributed by atoms with van der Waals surface area (Å²) < 4.78 is 0. The van der Waals surface area contributed by atoms with Crippen molar-refractivity contribution in [1.82, 2.24) is 15.5 Å². The normalized spacial score (nSPS) is 21.1. The van der Waals surface area contributed by atoms with Crippen LogP contribution in [0.15, 0.2) is 0 Å². The van der Waals surface area contributed by atoms with E-state index in [4.69, 9.17) is 5.11 Å². The minimum absolute atomic E-state index is 0.607. The summed E-state index contributed by atoms with van der Waals surface area (Å²) in [5.74, 6) is -0.762. The number of carbonyl (C=O) groups is 1. The fourth-order valence-corrected chi connectivity index (χ4v) is 1.95. The summed E-state index contributed by atoms with van der Waals surface area (Å²) in [6.45, 7) is 9.80. The fraction of sp³-hybridized carbons (Fsp3) is 0.917. The molecule has 0 radical (unpaired) electrons. The number of rotatable bonds is 7. The van der Waals surface area contributed by atoms with Crippen molar-refractivity contribution in [3.8, 4) is 0 Å². The first kappa shape index (κ1) is 14.4. The Morgan fingerprint density at radius 2 is 2.12 bits per heavy atom. The molecule has 17 heavy (non-hydrogen) atoms. The topological polar surface area (TPSA) is 64.6 Å². The van der Waals surface area contributed by atoms with Crippen molar-refractivity contribution < 1.29 is 9.90 Å². The zero-order valence-corrected chi connectivity index (χ0v) is 11.0. The second kappa shape index (κ2) is 6.93. The van der Waals surface area contributed by atoms with E-state index in [0.29, 0.717) is 6.42 Å². The van der Waals surface area contributed by atoms with Gasteiger partial charge in [0.15, 0.2) is 0 Å².